The summed E-state index contributed by atoms with van der Waals surface area (Å²) in [5.41, 5.74) is 6.62. The third-order valence-corrected chi connectivity index (χ3v) is 4.97. The van der Waals surface area contributed by atoms with Gasteiger partial charge in [0.1, 0.15) is 4.90 Å². The smallest absolute Gasteiger partial charge is 0.308 e. The molecule has 0 spiro atoms. The number of benzene rings is 1. The van der Waals surface area contributed by atoms with E-state index in [1.807, 2.05) is 19.1 Å². The Kier molecular flexibility index (Phi) is 6.31. The molecule has 1 aromatic carbocycles. The summed E-state index contributed by atoms with van der Waals surface area (Å²) in [7, 11) is -3.87. The van der Waals surface area contributed by atoms with Crippen LogP contribution in [0.2, 0.25) is 10.0 Å². The number of nitrogen functional groups attached to an aromatic ring is 1. The van der Waals surface area contributed by atoms with Gasteiger partial charge in [0.2, 0.25) is 11.9 Å². The second kappa shape index (κ2) is 7.37. The standard InChI is InChI=1S/C13H14Cl2N3O2S.ClH/c1-2-9-5-3-4-6-18(9)17-21(19,20)13-8-10(14)12(16)7-11(13)15;/h3-8,17H,2,16H2,1H3;1H/q+1;/p-1. The van der Waals surface area contributed by atoms with Gasteiger partial charge in [0.05, 0.1) is 15.7 Å². The first-order valence-corrected chi connectivity index (χ1v) is 8.36. The fraction of sp³-hybridized carbons (Fsp3) is 0.154. The summed E-state index contributed by atoms with van der Waals surface area (Å²) >= 11 is 11.8. The van der Waals surface area contributed by atoms with Gasteiger partial charge in [-0.3, -0.25) is 0 Å². The zero-order chi connectivity index (χ0) is 15.6. The van der Waals surface area contributed by atoms with Crippen LogP contribution in [-0.4, -0.2) is 8.42 Å². The van der Waals surface area contributed by atoms with Gasteiger partial charge >= 0.3 is 10.0 Å². The van der Waals surface area contributed by atoms with Crippen LogP contribution in [0.1, 0.15) is 12.6 Å². The van der Waals surface area contributed by atoms with Crippen LogP contribution < -0.4 is 27.6 Å². The number of nitrogens with zero attached hydrogens (tertiary/aromatic N) is 1. The van der Waals surface area contributed by atoms with Gasteiger partial charge in [-0.05, 0) is 18.2 Å². The zero-order valence-electron chi connectivity index (χ0n) is 11.6. The number of nitrogens with two attached hydrogens (primary N) is 1. The van der Waals surface area contributed by atoms with E-state index in [9.17, 15) is 8.42 Å². The van der Waals surface area contributed by atoms with Crippen molar-refractivity contribution in [2.45, 2.75) is 18.2 Å². The Hall–Kier alpha value is -1.21. The lowest BCUT2D eigenvalue weighted by molar-refractivity contribution is -0.644. The molecule has 0 saturated carbocycles. The van der Waals surface area contributed by atoms with E-state index >= 15 is 0 Å². The quantitative estimate of drug-likeness (QED) is 0.546. The third kappa shape index (κ3) is 3.95. The van der Waals surface area contributed by atoms with Crippen LogP contribution in [0.3, 0.4) is 0 Å². The first kappa shape index (κ1) is 18.8. The van der Waals surface area contributed by atoms with Crippen molar-refractivity contribution < 1.29 is 25.5 Å². The molecular weight excluding hydrogens is 369 g/mol. The molecule has 1 aromatic heterocycles. The molecule has 0 bridgehead atoms. The lowest BCUT2D eigenvalue weighted by atomic mass is 10.3. The second-order valence-electron chi connectivity index (χ2n) is 4.31. The number of hydrogen-bond acceptors (Lipinski definition) is 3. The Morgan fingerprint density at radius 3 is 2.55 bits per heavy atom. The minimum absolute atomic E-state index is 0. The van der Waals surface area contributed by atoms with Gasteiger partial charge in [-0.2, -0.15) is 8.42 Å². The van der Waals surface area contributed by atoms with Crippen molar-refractivity contribution in [1.82, 2.24) is 0 Å². The van der Waals surface area contributed by atoms with E-state index in [4.69, 9.17) is 28.9 Å². The molecule has 0 aliphatic heterocycles. The van der Waals surface area contributed by atoms with Crippen LogP contribution >= 0.6 is 23.2 Å². The van der Waals surface area contributed by atoms with E-state index in [2.05, 4.69) is 4.83 Å². The molecule has 2 rings (SSSR count). The summed E-state index contributed by atoms with van der Waals surface area (Å²) in [6.45, 7) is 1.92. The molecule has 1 heterocycles. The molecule has 0 fully saturated rings. The number of anilines is 1. The molecule has 0 aliphatic carbocycles. The average Bonchev–Trinajstić information content (AvgIpc) is 2.43. The van der Waals surface area contributed by atoms with Crippen LogP contribution in [-0.2, 0) is 16.4 Å². The van der Waals surface area contributed by atoms with Crippen LogP contribution in [0, 0.1) is 0 Å². The van der Waals surface area contributed by atoms with E-state index < -0.39 is 10.0 Å². The third-order valence-electron chi connectivity index (χ3n) is 2.87. The molecule has 0 radical (unpaired) electrons. The molecule has 9 heteroatoms. The highest BCUT2D eigenvalue weighted by Gasteiger charge is 2.24. The Morgan fingerprint density at radius 2 is 1.91 bits per heavy atom. The van der Waals surface area contributed by atoms with Gasteiger partial charge in [-0.25, -0.2) is 0 Å². The molecule has 0 saturated heterocycles. The molecule has 120 valence electrons. The maximum absolute atomic E-state index is 12.4. The van der Waals surface area contributed by atoms with E-state index in [0.29, 0.717) is 6.42 Å². The van der Waals surface area contributed by atoms with E-state index in [1.54, 1.807) is 12.3 Å². The summed E-state index contributed by atoms with van der Waals surface area (Å²) in [6.07, 6.45) is 2.28. The Morgan fingerprint density at radius 1 is 1.23 bits per heavy atom. The van der Waals surface area contributed by atoms with Gasteiger partial charge in [-0.1, -0.05) is 39.6 Å². The van der Waals surface area contributed by atoms with Gasteiger partial charge in [0, 0.05) is 18.6 Å². The number of halogens is 3. The topological polar surface area (TPSA) is 76.1 Å². The summed E-state index contributed by atoms with van der Waals surface area (Å²) in [4.78, 5) is 2.32. The predicted molar refractivity (Wildman–Crippen MR) is 83.4 cm³/mol. The number of sulfonamides is 1. The van der Waals surface area contributed by atoms with E-state index in [0.717, 1.165) is 5.69 Å². The highest BCUT2D eigenvalue weighted by Crippen LogP contribution is 2.29. The molecule has 22 heavy (non-hydrogen) atoms. The van der Waals surface area contributed by atoms with Crippen molar-refractivity contribution in [3.63, 3.8) is 0 Å². The van der Waals surface area contributed by atoms with E-state index in [-0.39, 0.29) is 33.0 Å². The lowest BCUT2D eigenvalue weighted by Crippen LogP contribution is -3.00. The SMILES string of the molecule is CCc1cccc[n+]1NS(=O)(=O)c1cc(Cl)c(N)cc1Cl.[Cl-]. The Labute approximate surface area is 145 Å². The number of aryl methyl sites for hydroxylation is 1. The maximum Gasteiger partial charge on any atom is 0.308 e. The van der Waals surface area contributed by atoms with Crippen molar-refractivity contribution in [3.05, 3.63) is 52.3 Å². The summed E-state index contributed by atoms with van der Waals surface area (Å²) in [5, 5.41) is 0.146. The van der Waals surface area contributed by atoms with Crippen molar-refractivity contribution in [1.29, 1.82) is 0 Å². The van der Waals surface area contributed by atoms with Gasteiger partial charge in [0.25, 0.3) is 0 Å². The summed E-state index contributed by atoms with van der Waals surface area (Å²) < 4.78 is 26.3. The lowest BCUT2D eigenvalue weighted by Gasteiger charge is -2.08. The Bertz CT molecular complexity index is 782. The number of aromatic nitrogens is 1. The summed E-state index contributed by atoms with van der Waals surface area (Å²) in [6, 6.07) is 7.92. The fourth-order valence-corrected chi connectivity index (χ4v) is 3.61. The highest BCUT2D eigenvalue weighted by atomic mass is 35.5. The first-order chi connectivity index (χ1) is 9.85. The fourth-order valence-electron chi connectivity index (χ4n) is 1.78. The number of nitrogens with one attached hydrogen (secondary N) is 1. The molecule has 0 aliphatic rings. The van der Waals surface area contributed by atoms with Gasteiger partial charge in [0.15, 0.2) is 0 Å². The molecule has 3 N–H and O–H groups in total. The predicted octanol–water partition coefficient (Wildman–Crippen LogP) is -0.638. The second-order valence-corrected chi connectivity index (χ2v) is 6.76. The average molecular weight is 383 g/mol. The minimum atomic E-state index is -3.87. The first-order valence-electron chi connectivity index (χ1n) is 6.12. The Balaban J connectivity index is 0.00000242. The molecular formula is C13H14Cl3N3O2S. The normalized spacial score (nSPS) is 10.9. The molecule has 0 atom stereocenters. The van der Waals surface area contributed by atoms with Crippen LogP contribution in [0.5, 0.6) is 0 Å². The summed E-state index contributed by atoms with van der Waals surface area (Å²) in [5.74, 6) is 0. The molecule has 5 nitrogen and oxygen atoms in total. The highest BCUT2D eigenvalue weighted by molar-refractivity contribution is 7.92. The largest absolute Gasteiger partial charge is 1.00 e. The zero-order valence-corrected chi connectivity index (χ0v) is 14.6. The number of pyridine rings is 1. The van der Waals surface area contributed by atoms with Gasteiger partial charge < -0.3 is 18.1 Å². The molecule has 0 amide bonds. The van der Waals surface area contributed by atoms with Gasteiger partial charge in [-0.15, -0.1) is 0 Å². The van der Waals surface area contributed by atoms with Crippen LogP contribution in [0.4, 0.5) is 5.69 Å². The van der Waals surface area contributed by atoms with Crippen molar-refractivity contribution >= 4 is 38.9 Å². The van der Waals surface area contributed by atoms with Crippen molar-refractivity contribution in [3.8, 4) is 0 Å². The minimum Gasteiger partial charge on any atom is -1.00 e. The molecule has 0 unspecified atom stereocenters. The maximum atomic E-state index is 12.4. The number of rotatable bonds is 4. The van der Waals surface area contributed by atoms with Crippen LogP contribution in [0.25, 0.3) is 0 Å². The van der Waals surface area contributed by atoms with Crippen molar-refractivity contribution in [2.75, 3.05) is 10.6 Å². The van der Waals surface area contributed by atoms with E-state index in [1.165, 1.54) is 16.8 Å². The number of hydrogen-bond donors (Lipinski definition) is 2. The monoisotopic (exact) mass is 381 g/mol. The van der Waals surface area contributed by atoms with Crippen LogP contribution in [0.15, 0.2) is 41.4 Å². The van der Waals surface area contributed by atoms with Crippen molar-refractivity contribution in [2.24, 2.45) is 0 Å². The molecule has 2 aromatic rings.